The summed E-state index contributed by atoms with van der Waals surface area (Å²) in [6, 6.07) is -0.0606. The zero-order valence-electron chi connectivity index (χ0n) is 11.3. The van der Waals surface area contributed by atoms with Crippen LogP contribution in [-0.4, -0.2) is 29.9 Å². The number of hydrogen-bond donors (Lipinski definition) is 1. The van der Waals surface area contributed by atoms with Crippen molar-refractivity contribution in [3.63, 3.8) is 0 Å². The van der Waals surface area contributed by atoms with Crippen LogP contribution in [-0.2, 0) is 16.6 Å². The largest absolute Gasteiger partial charge is 0.334 e. The number of nitrogens with one attached hydrogen (secondary N) is 1. The van der Waals surface area contributed by atoms with Crippen molar-refractivity contribution >= 4 is 21.6 Å². The minimum absolute atomic E-state index is 0.0606. The van der Waals surface area contributed by atoms with Gasteiger partial charge in [0.25, 0.3) is 10.0 Å². The summed E-state index contributed by atoms with van der Waals surface area (Å²) in [6.07, 6.45) is 4.44. The van der Waals surface area contributed by atoms with E-state index in [1.54, 1.807) is 13.1 Å². The molecule has 1 aliphatic carbocycles. The molecule has 1 heterocycles. The highest BCUT2D eigenvalue weighted by molar-refractivity contribution is 7.89. The minimum atomic E-state index is -3.54. The van der Waals surface area contributed by atoms with E-state index in [0.717, 1.165) is 19.3 Å². The van der Waals surface area contributed by atoms with Crippen molar-refractivity contribution in [2.75, 3.05) is 5.88 Å². The van der Waals surface area contributed by atoms with E-state index in [4.69, 9.17) is 11.6 Å². The van der Waals surface area contributed by atoms with E-state index in [9.17, 15) is 8.42 Å². The Morgan fingerprint density at radius 1 is 1.53 bits per heavy atom. The highest BCUT2D eigenvalue weighted by atomic mass is 35.5. The van der Waals surface area contributed by atoms with E-state index in [2.05, 4.69) is 9.71 Å². The molecule has 108 valence electrons. The van der Waals surface area contributed by atoms with Gasteiger partial charge in [0.2, 0.25) is 0 Å². The lowest BCUT2D eigenvalue weighted by atomic mass is 10.1. The van der Waals surface area contributed by atoms with Crippen LogP contribution < -0.4 is 4.72 Å². The highest BCUT2D eigenvalue weighted by Crippen LogP contribution is 2.27. The predicted molar refractivity (Wildman–Crippen MR) is 74.8 cm³/mol. The topological polar surface area (TPSA) is 64.0 Å². The summed E-state index contributed by atoms with van der Waals surface area (Å²) < 4.78 is 29.2. The molecule has 0 bridgehead atoms. The second kappa shape index (κ2) is 5.81. The first-order valence-electron chi connectivity index (χ1n) is 6.60. The lowest BCUT2D eigenvalue weighted by molar-refractivity contribution is 0.479. The smallest absolute Gasteiger partial charge is 0.259 e. The number of imidazole rings is 1. The third-order valence-corrected chi connectivity index (χ3v) is 5.49. The van der Waals surface area contributed by atoms with Gasteiger partial charge >= 0.3 is 0 Å². The molecule has 0 saturated heterocycles. The molecule has 2 rings (SSSR count). The molecule has 0 amide bonds. The molecule has 7 heteroatoms. The average molecular weight is 306 g/mol. The summed E-state index contributed by atoms with van der Waals surface area (Å²) in [7, 11) is -3.54. The van der Waals surface area contributed by atoms with Crippen molar-refractivity contribution in [1.82, 2.24) is 14.3 Å². The molecular formula is C12H20ClN3O2S. The molecule has 0 radical (unpaired) electrons. The number of hydrogen-bond acceptors (Lipinski definition) is 3. The van der Waals surface area contributed by atoms with Crippen LogP contribution >= 0.6 is 11.6 Å². The second-order valence-corrected chi connectivity index (χ2v) is 6.95. The minimum Gasteiger partial charge on any atom is -0.334 e. The van der Waals surface area contributed by atoms with Gasteiger partial charge < -0.3 is 4.57 Å². The molecule has 1 N–H and O–H groups in total. The van der Waals surface area contributed by atoms with Crippen molar-refractivity contribution in [1.29, 1.82) is 0 Å². The number of rotatable bonds is 5. The van der Waals surface area contributed by atoms with Crippen LogP contribution in [0.3, 0.4) is 0 Å². The molecular weight excluding hydrogens is 286 g/mol. The molecule has 5 nitrogen and oxygen atoms in total. The zero-order valence-corrected chi connectivity index (χ0v) is 12.8. The zero-order chi connectivity index (χ0) is 14.0. The van der Waals surface area contributed by atoms with Gasteiger partial charge in [-0.2, -0.15) is 0 Å². The number of halogens is 1. The van der Waals surface area contributed by atoms with Gasteiger partial charge in [-0.25, -0.2) is 18.1 Å². The SMILES string of the molecule is CCn1cc(S(=O)(=O)NC2CCCC2CCl)nc1C. The van der Waals surface area contributed by atoms with E-state index >= 15 is 0 Å². The van der Waals surface area contributed by atoms with Crippen molar-refractivity contribution in [3.05, 3.63) is 12.0 Å². The number of sulfonamides is 1. The summed E-state index contributed by atoms with van der Waals surface area (Å²) in [4.78, 5) is 4.13. The monoisotopic (exact) mass is 305 g/mol. The highest BCUT2D eigenvalue weighted by Gasteiger charge is 2.31. The molecule has 0 spiro atoms. The molecule has 1 aliphatic rings. The molecule has 1 fully saturated rings. The van der Waals surface area contributed by atoms with Crippen molar-refractivity contribution in [3.8, 4) is 0 Å². The quantitative estimate of drug-likeness (QED) is 0.845. The van der Waals surface area contributed by atoms with E-state index in [-0.39, 0.29) is 17.0 Å². The third kappa shape index (κ3) is 3.12. The summed E-state index contributed by atoms with van der Waals surface area (Å²) in [5, 5.41) is 0.104. The van der Waals surface area contributed by atoms with Crippen molar-refractivity contribution < 1.29 is 8.42 Å². The molecule has 19 heavy (non-hydrogen) atoms. The second-order valence-electron chi connectivity index (χ2n) is 4.99. The summed E-state index contributed by atoms with van der Waals surface area (Å²) >= 11 is 5.87. The third-order valence-electron chi connectivity index (χ3n) is 3.73. The summed E-state index contributed by atoms with van der Waals surface area (Å²) in [6.45, 7) is 4.47. The first-order chi connectivity index (χ1) is 8.97. The van der Waals surface area contributed by atoms with Crippen LogP contribution in [0.2, 0.25) is 0 Å². The number of aryl methyl sites for hydroxylation is 2. The predicted octanol–water partition coefficient (Wildman–Crippen LogP) is 1.90. The van der Waals surface area contributed by atoms with Gasteiger partial charge in [-0.15, -0.1) is 11.6 Å². The van der Waals surface area contributed by atoms with Gasteiger partial charge in [0.05, 0.1) is 0 Å². The Bertz CT molecular complexity index is 541. The fourth-order valence-corrected chi connectivity index (χ4v) is 4.28. The lowest BCUT2D eigenvalue weighted by Crippen LogP contribution is -2.38. The Kier molecular flexibility index (Phi) is 4.53. The first kappa shape index (κ1) is 14.8. The van der Waals surface area contributed by atoms with Gasteiger partial charge in [-0.05, 0) is 32.6 Å². The molecule has 0 aliphatic heterocycles. The van der Waals surface area contributed by atoms with Gasteiger partial charge in [-0.1, -0.05) is 6.42 Å². The summed E-state index contributed by atoms with van der Waals surface area (Å²) in [5.41, 5.74) is 0. The fourth-order valence-electron chi connectivity index (χ4n) is 2.57. The van der Waals surface area contributed by atoms with Crippen molar-refractivity contribution in [2.24, 2.45) is 5.92 Å². The maximum atomic E-state index is 12.3. The van der Waals surface area contributed by atoms with Gasteiger partial charge in [-0.3, -0.25) is 0 Å². The van der Waals surface area contributed by atoms with Crippen LogP contribution in [0.25, 0.3) is 0 Å². The standard InChI is InChI=1S/C12H20ClN3O2S/c1-3-16-8-12(14-9(16)2)19(17,18)15-11-6-4-5-10(11)7-13/h8,10-11,15H,3-7H2,1-2H3. The van der Waals surface area contributed by atoms with E-state index in [1.165, 1.54) is 0 Å². The summed E-state index contributed by atoms with van der Waals surface area (Å²) in [5.74, 6) is 1.43. The molecule has 1 saturated carbocycles. The molecule has 1 aromatic rings. The van der Waals surface area contributed by atoms with E-state index in [0.29, 0.717) is 18.2 Å². The maximum Gasteiger partial charge on any atom is 0.259 e. The van der Waals surface area contributed by atoms with Crippen LogP contribution in [0.1, 0.15) is 32.0 Å². The Hall–Kier alpha value is -0.590. The molecule has 2 unspecified atom stereocenters. The number of nitrogens with zero attached hydrogens (tertiary/aromatic N) is 2. The van der Waals surface area contributed by atoms with Crippen molar-refractivity contribution in [2.45, 2.75) is 50.7 Å². The van der Waals surface area contributed by atoms with Crippen LogP contribution in [0.5, 0.6) is 0 Å². The molecule has 1 aromatic heterocycles. The Labute approximate surface area is 119 Å². The van der Waals surface area contributed by atoms with Gasteiger partial charge in [0, 0.05) is 24.7 Å². The normalized spacial score (nSPS) is 23.9. The lowest BCUT2D eigenvalue weighted by Gasteiger charge is -2.17. The molecule has 2 atom stereocenters. The van der Waals surface area contributed by atoms with Crippen LogP contribution in [0.15, 0.2) is 11.2 Å². The van der Waals surface area contributed by atoms with Gasteiger partial charge in [0.15, 0.2) is 5.03 Å². The average Bonchev–Trinajstić information content (AvgIpc) is 2.95. The fraction of sp³-hybridized carbons (Fsp3) is 0.750. The maximum absolute atomic E-state index is 12.3. The Morgan fingerprint density at radius 2 is 2.26 bits per heavy atom. The Balaban J connectivity index is 2.17. The first-order valence-corrected chi connectivity index (χ1v) is 8.61. The van der Waals surface area contributed by atoms with E-state index in [1.807, 2.05) is 11.5 Å². The number of aromatic nitrogens is 2. The van der Waals surface area contributed by atoms with Crippen LogP contribution in [0.4, 0.5) is 0 Å². The molecule has 0 aromatic carbocycles. The Morgan fingerprint density at radius 3 is 2.84 bits per heavy atom. The van der Waals surface area contributed by atoms with Gasteiger partial charge in [0.1, 0.15) is 5.82 Å². The number of alkyl halides is 1. The van der Waals surface area contributed by atoms with E-state index < -0.39 is 10.0 Å². The van der Waals surface area contributed by atoms with Crippen LogP contribution in [0, 0.1) is 12.8 Å².